The quantitative estimate of drug-likeness (QED) is 0.731. The number of fused-ring (bicyclic) bond motifs is 1. The molecule has 80 valence electrons. The average Bonchev–Trinajstić information content (AvgIpc) is 2.53. The Balaban J connectivity index is 2.37. The fourth-order valence-corrected chi connectivity index (χ4v) is 1.88. The molecule has 15 heavy (non-hydrogen) atoms. The molecule has 2 rings (SSSR count). The molecule has 1 amide bonds. The van der Waals surface area contributed by atoms with Crippen molar-refractivity contribution in [1.29, 1.82) is 0 Å². The lowest BCUT2D eigenvalue weighted by atomic mass is 10.1. The number of benzene rings is 1. The first-order valence-corrected chi connectivity index (χ1v) is 5.24. The zero-order valence-electron chi connectivity index (χ0n) is 9.45. The lowest BCUT2D eigenvalue weighted by Gasteiger charge is -2.18. The molecule has 0 aliphatic carbocycles. The fourth-order valence-electron chi connectivity index (χ4n) is 1.88. The molecule has 1 aromatic carbocycles. The molecule has 1 aliphatic rings. The summed E-state index contributed by atoms with van der Waals surface area (Å²) in [5.41, 5.74) is 3.37. The van der Waals surface area contributed by atoms with E-state index in [0.717, 1.165) is 17.8 Å². The summed E-state index contributed by atoms with van der Waals surface area (Å²) in [6.45, 7) is 3.09. The van der Waals surface area contributed by atoms with Crippen molar-refractivity contribution in [2.24, 2.45) is 0 Å². The van der Waals surface area contributed by atoms with Crippen LogP contribution < -0.4 is 9.80 Å². The number of hydrogen-bond acceptors (Lipinski definition) is 2. The molecule has 0 atom stereocenters. The van der Waals surface area contributed by atoms with Gasteiger partial charge in [0.25, 0.3) is 0 Å². The molecule has 0 saturated heterocycles. The lowest BCUT2D eigenvalue weighted by Crippen LogP contribution is -2.20. The number of amides is 1. The van der Waals surface area contributed by atoms with Crippen LogP contribution in [0.2, 0.25) is 0 Å². The van der Waals surface area contributed by atoms with Gasteiger partial charge in [-0.3, -0.25) is 4.79 Å². The maximum Gasteiger partial charge on any atom is 0.231 e. The molecule has 3 heteroatoms. The summed E-state index contributed by atoms with van der Waals surface area (Å²) < 4.78 is 0. The van der Waals surface area contributed by atoms with Crippen LogP contribution >= 0.6 is 0 Å². The second-order valence-corrected chi connectivity index (χ2v) is 3.96. The number of anilines is 2. The number of likely N-dealkylation sites (N-methyl/N-ethyl adjacent to an activating group) is 1. The van der Waals surface area contributed by atoms with E-state index in [4.69, 9.17) is 0 Å². The van der Waals surface area contributed by atoms with Crippen LogP contribution in [0, 0.1) is 0 Å². The first-order valence-electron chi connectivity index (χ1n) is 5.24. The van der Waals surface area contributed by atoms with E-state index in [2.05, 4.69) is 31.0 Å². The molecule has 1 aliphatic heterocycles. The predicted molar refractivity (Wildman–Crippen MR) is 62.5 cm³/mol. The van der Waals surface area contributed by atoms with Gasteiger partial charge in [0.1, 0.15) is 0 Å². The summed E-state index contributed by atoms with van der Waals surface area (Å²) in [4.78, 5) is 15.4. The summed E-state index contributed by atoms with van der Waals surface area (Å²) in [5.74, 6) is 0.182. The van der Waals surface area contributed by atoms with Gasteiger partial charge in [-0.25, -0.2) is 0 Å². The maximum absolute atomic E-state index is 11.5. The first kappa shape index (κ1) is 10.0. The van der Waals surface area contributed by atoms with Crippen LogP contribution in [-0.2, 0) is 11.2 Å². The molecule has 0 spiro atoms. The van der Waals surface area contributed by atoms with Gasteiger partial charge in [-0.15, -0.1) is 0 Å². The molecule has 0 saturated carbocycles. The van der Waals surface area contributed by atoms with E-state index in [1.54, 1.807) is 4.90 Å². The van der Waals surface area contributed by atoms with E-state index >= 15 is 0 Å². The highest BCUT2D eigenvalue weighted by atomic mass is 16.2. The largest absolute Gasteiger partial charge is 0.375 e. The van der Waals surface area contributed by atoms with Gasteiger partial charge in [-0.2, -0.15) is 0 Å². The predicted octanol–water partition coefficient (Wildman–Crippen LogP) is 1.66. The van der Waals surface area contributed by atoms with E-state index in [1.165, 1.54) is 5.69 Å². The lowest BCUT2D eigenvalue weighted by molar-refractivity contribution is -0.117. The van der Waals surface area contributed by atoms with Gasteiger partial charge in [-0.05, 0) is 30.7 Å². The van der Waals surface area contributed by atoms with Crippen LogP contribution in [0.4, 0.5) is 11.4 Å². The van der Waals surface area contributed by atoms with Gasteiger partial charge >= 0.3 is 0 Å². The summed E-state index contributed by atoms with van der Waals surface area (Å²) in [6.07, 6.45) is 0.539. The second kappa shape index (κ2) is 3.57. The number of carbonyl (C=O) groups is 1. The third-order valence-electron chi connectivity index (χ3n) is 3.06. The molecule has 1 aromatic rings. The van der Waals surface area contributed by atoms with E-state index in [0.29, 0.717) is 6.42 Å². The van der Waals surface area contributed by atoms with E-state index in [-0.39, 0.29) is 5.91 Å². The van der Waals surface area contributed by atoms with Crippen LogP contribution in [0.5, 0.6) is 0 Å². The molecule has 0 bridgehead atoms. The Labute approximate surface area is 90.3 Å². The highest BCUT2D eigenvalue weighted by molar-refractivity contribution is 6.01. The normalized spacial score (nSPS) is 14.3. The van der Waals surface area contributed by atoms with Crippen LogP contribution in [0.3, 0.4) is 0 Å². The number of hydrogen-bond donors (Lipinski definition) is 0. The van der Waals surface area contributed by atoms with Crippen molar-refractivity contribution in [2.75, 3.05) is 30.4 Å². The van der Waals surface area contributed by atoms with E-state index in [9.17, 15) is 4.79 Å². The SMILES string of the molecule is CCN(C)c1ccc2c(c1)CC(=O)N2C. The zero-order valence-corrected chi connectivity index (χ0v) is 9.45. The topological polar surface area (TPSA) is 23.6 Å². The minimum absolute atomic E-state index is 0.182. The van der Waals surface area contributed by atoms with Crippen molar-refractivity contribution < 1.29 is 4.79 Å². The average molecular weight is 204 g/mol. The number of nitrogens with zero attached hydrogens (tertiary/aromatic N) is 2. The van der Waals surface area contributed by atoms with Crippen molar-refractivity contribution in [3.05, 3.63) is 23.8 Å². The van der Waals surface area contributed by atoms with Crippen molar-refractivity contribution in [1.82, 2.24) is 0 Å². The Hall–Kier alpha value is -1.51. The smallest absolute Gasteiger partial charge is 0.231 e. The highest BCUT2D eigenvalue weighted by Crippen LogP contribution is 2.30. The van der Waals surface area contributed by atoms with Crippen LogP contribution in [-0.4, -0.2) is 26.5 Å². The molecule has 0 fully saturated rings. The van der Waals surface area contributed by atoms with Crippen molar-refractivity contribution >= 4 is 17.3 Å². The second-order valence-electron chi connectivity index (χ2n) is 3.96. The monoisotopic (exact) mass is 204 g/mol. The minimum atomic E-state index is 0.182. The highest BCUT2D eigenvalue weighted by Gasteiger charge is 2.23. The Morgan fingerprint density at radius 2 is 2.20 bits per heavy atom. The van der Waals surface area contributed by atoms with Gasteiger partial charge in [0, 0.05) is 32.0 Å². The molecule has 3 nitrogen and oxygen atoms in total. The molecule has 0 aromatic heterocycles. The third-order valence-corrected chi connectivity index (χ3v) is 3.06. The van der Waals surface area contributed by atoms with Crippen LogP contribution in [0.15, 0.2) is 18.2 Å². The van der Waals surface area contributed by atoms with Crippen LogP contribution in [0.25, 0.3) is 0 Å². The maximum atomic E-state index is 11.5. The molecule has 0 N–H and O–H groups in total. The Morgan fingerprint density at radius 1 is 1.47 bits per heavy atom. The van der Waals surface area contributed by atoms with E-state index < -0.39 is 0 Å². The van der Waals surface area contributed by atoms with Gasteiger partial charge in [-0.1, -0.05) is 0 Å². The van der Waals surface area contributed by atoms with E-state index in [1.807, 2.05) is 13.1 Å². The minimum Gasteiger partial charge on any atom is -0.375 e. The molecular formula is C12H16N2O. The van der Waals surface area contributed by atoms with Crippen molar-refractivity contribution in [3.8, 4) is 0 Å². The summed E-state index contributed by atoms with van der Waals surface area (Å²) >= 11 is 0. The van der Waals surface area contributed by atoms with Gasteiger partial charge in [0.2, 0.25) is 5.91 Å². The van der Waals surface area contributed by atoms with Gasteiger partial charge < -0.3 is 9.80 Å². The fraction of sp³-hybridized carbons (Fsp3) is 0.417. The molecule has 0 unspecified atom stereocenters. The summed E-state index contributed by atoms with van der Waals surface area (Å²) in [7, 11) is 3.89. The first-order chi connectivity index (χ1) is 7.13. The zero-order chi connectivity index (χ0) is 11.0. The molecular weight excluding hydrogens is 188 g/mol. The standard InChI is InChI=1S/C12H16N2O/c1-4-13(2)10-5-6-11-9(7-10)8-12(15)14(11)3/h5-7H,4,8H2,1-3H3. The molecule has 0 radical (unpaired) electrons. The number of rotatable bonds is 2. The van der Waals surface area contributed by atoms with Crippen LogP contribution in [0.1, 0.15) is 12.5 Å². The number of carbonyl (C=O) groups excluding carboxylic acids is 1. The molecule has 1 heterocycles. The third kappa shape index (κ3) is 1.58. The Bertz CT molecular complexity index is 401. The van der Waals surface area contributed by atoms with Gasteiger partial charge in [0.15, 0.2) is 0 Å². The summed E-state index contributed by atoms with van der Waals surface area (Å²) in [5, 5.41) is 0. The van der Waals surface area contributed by atoms with Crippen molar-refractivity contribution in [2.45, 2.75) is 13.3 Å². The van der Waals surface area contributed by atoms with Gasteiger partial charge in [0.05, 0.1) is 6.42 Å². The van der Waals surface area contributed by atoms with Crippen molar-refractivity contribution in [3.63, 3.8) is 0 Å². The Morgan fingerprint density at radius 3 is 2.87 bits per heavy atom. The Kier molecular flexibility index (Phi) is 2.39. The summed E-state index contributed by atoms with van der Waals surface area (Å²) in [6, 6.07) is 6.21.